The van der Waals surface area contributed by atoms with Gasteiger partial charge in [-0.25, -0.2) is 15.0 Å². The number of anilines is 3. The van der Waals surface area contributed by atoms with E-state index in [1.807, 2.05) is 44.2 Å². The lowest BCUT2D eigenvalue weighted by atomic mass is 10.0. The van der Waals surface area contributed by atoms with Gasteiger partial charge in [-0.2, -0.15) is 0 Å². The molecule has 4 N–H and O–H groups in total. The van der Waals surface area contributed by atoms with Crippen molar-refractivity contribution in [1.29, 1.82) is 0 Å². The maximum absolute atomic E-state index is 12.1. The van der Waals surface area contributed by atoms with Gasteiger partial charge in [-0.1, -0.05) is 30.3 Å². The van der Waals surface area contributed by atoms with E-state index in [2.05, 4.69) is 41.1 Å². The Kier molecular flexibility index (Phi) is 5.61. The Morgan fingerprint density at radius 3 is 2.60 bits per heavy atom. The minimum absolute atomic E-state index is 0.137. The highest BCUT2D eigenvalue weighted by Gasteiger charge is 2.37. The SMILES string of the molecule is Cc1nnc(-c2cnc(Nc3ncc4c(n3)C(C)(C)NC4=O)cc2N[C@H](CO)c2ccccc2)o1. The number of carbonyl (C=O) groups is 1. The standard InChI is InChI=1S/C24H24N8O3/c1-13-31-32-22(35-13)15-10-25-19(9-17(15)27-18(12-33)14-7-5-4-6-8-14)28-23-26-11-16-20(29-23)24(2,3)30-21(16)34/h4-11,18,33H,12H2,1-3H3,(H,30,34)(H2,25,26,27,28,29)/t18-/m1/s1. The predicted molar refractivity (Wildman–Crippen MR) is 128 cm³/mol. The summed E-state index contributed by atoms with van der Waals surface area (Å²) in [7, 11) is 0. The molecule has 4 aromatic rings. The second-order valence-electron chi connectivity index (χ2n) is 8.69. The fourth-order valence-electron chi connectivity index (χ4n) is 3.94. The lowest BCUT2D eigenvalue weighted by Gasteiger charge is -2.20. The third-order valence-corrected chi connectivity index (χ3v) is 5.67. The fraction of sp³-hybridized carbons (Fsp3) is 0.250. The number of aryl methyl sites for hydroxylation is 1. The second kappa shape index (κ2) is 8.76. The van der Waals surface area contributed by atoms with E-state index in [-0.39, 0.29) is 18.6 Å². The number of pyridine rings is 1. The van der Waals surface area contributed by atoms with E-state index >= 15 is 0 Å². The molecule has 178 valence electrons. The molecule has 1 amide bonds. The van der Waals surface area contributed by atoms with Crippen LogP contribution in [0.1, 0.15) is 47.4 Å². The molecule has 1 aliphatic rings. The molecule has 0 unspecified atom stereocenters. The van der Waals surface area contributed by atoms with Crippen LogP contribution in [0, 0.1) is 6.92 Å². The van der Waals surface area contributed by atoms with Crippen molar-refractivity contribution in [2.45, 2.75) is 32.4 Å². The number of hydrogen-bond acceptors (Lipinski definition) is 10. The highest BCUT2D eigenvalue weighted by Crippen LogP contribution is 2.33. The van der Waals surface area contributed by atoms with Gasteiger partial charge < -0.3 is 25.5 Å². The van der Waals surface area contributed by atoms with Gasteiger partial charge in [0.15, 0.2) is 0 Å². The Hall–Kier alpha value is -4.38. The highest BCUT2D eigenvalue weighted by atomic mass is 16.4. The smallest absolute Gasteiger partial charge is 0.255 e. The zero-order chi connectivity index (χ0) is 24.6. The van der Waals surface area contributed by atoms with Crippen LogP contribution in [0.4, 0.5) is 17.5 Å². The number of aromatic nitrogens is 5. The average Bonchev–Trinajstić information content (AvgIpc) is 3.37. The zero-order valence-corrected chi connectivity index (χ0v) is 19.4. The van der Waals surface area contributed by atoms with Crippen LogP contribution in [-0.4, -0.2) is 42.8 Å². The fourth-order valence-corrected chi connectivity index (χ4v) is 3.94. The monoisotopic (exact) mass is 472 g/mol. The maximum Gasteiger partial charge on any atom is 0.255 e. The van der Waals surface area contributed by atoms with Crippen LogP contribution in [0.3, 0.4) is 0 Å². The molecule has 0 radical (unpaired) electrons. The van der Waals surface area contributed by atoms with Crippen molar-refractivity contribution >= 4 is 23.4 Å². The van der Waals surface area contributed by atoms with Gasteiger partial charge in [0.1, 0.15) is 5.82 Å². The summed E-state index contributed by atoms with van der Waals surface area (Å²) >= 11 is 0. The van der Waals surface area contributed by atoms with Crippen molar-refractivity contribution in [1.82, 2.24) is 30.5 Å². The largest absolute Gasteiger partial charge is 0.421 e. The number of fused-ring (bicyclic) bond motifs is 1. The summed E-state index contributed by atoms with van der Waals surface area (Å²) in [6.07, 6.45) is 3.10. The highest BCUT2D eigenvalue weighted by molar-refractivity contribution is 5.99. The Morgan fingerprint density at radius 2 is 1.89 bits per heavy atom. The van der Waals surface area contributed by atoms with E-state index in [0.29, 0.717) is 46.1 Å². The molecule has 1 atom stereocenters. The van der Waals surface area contributed by atoms with Gasteiger partial charge in [0.05, 0.1) is 40.7 Å². The first-order chi connectivity index (χ1) is 16.8. The van der Waals surface area contributed by atoms with Gasteiger partial charge in [0.2, 0.25) is 11.8 Å². The molecule has 35 heavy (non-hydrogen) atoms. The quantitative estimate of drug-likeness (QED) is 0.316. The first-order valence-corrected chi connectivity index (χ1v) is 11.0. The van der Waals surface area contributed by atoms with E-state index < -0.39 is 5.54 Å². The van der Waals surface area contributed by atoms with Gasteiger partial charge in [-0.05, 0) is 19.4 Å². The molecule has 1 aromatic carbocycles. The number of benzene rings is 1. The number of hydrogen-bond donors (Lipinski definition) is 4. The topological polar surface area (TPSA) is 151 Å². The molecule has 11 nitrogen and oxygen atoms in total. The minimum Gasteiger partial charge on any atom is -0.421 e. The van der Waals surface area contributed by atoms with Gasteiger partial charge in [-0.3, -0.25) is 4.79 Å². The lowest BCUT2D eigenvalue weighted by Crippen LogP contribution is -2.33. The van der Waals surface area contributed by atoms with E-state index in [1.54, 1.807) is 19.2 Å². The number of aliphatic hydroxyl groups is 1. The number of nitrogens with zero attached hydrogens (tertiary/aromatic N) is 5. The van der Waals surface area contributed by atoms with Crippen LogP contribution in [0.25, 0.3) is 11.5 Å². The maximum atomic E-state index is 12.1. The van der Waals surface area contributed by atoms with Gasteiger partial charge in [0.25, 0.3) is 11.8 Å². The van der Waals surface area contributed by atoms with Crippen LogP contribution in [0.5, 0.6) is 0 Å². The minimum atomic E-state index is -0.602. The number of rotatable bonds is 7. The summed E-state index contributed by atoms with van der Waals surface area (Å²) in [6, 6.07) is 11.0. The van der Waals surface area contributed by atoms with Crippen molar-refractivity contribution in [2.75, 3.05) is 17.2 Å². The average molecular weight is 473 g/mol. The molecule has 5 rings (SSSR count). The van der Waals surface area contributed by atoms with Crippen molar-refractivity contribution in [2.24, 2.45) is 0 Å². The molecule has 4 heterocycles. The summed E-state index contributed by atoms with van der Waals surface area (Å²) in [4.78, 5) is 25.4. The molecule has 3 aromatic heterocycles. The number of aliphatic hydroxyl groups excluding tert-OH is 1. The van der Waals surface area contributed by atoms with E-state index in [9.17, 15) is 9.90 Å². The van der Waals surface area contributed by atoms with Crippen molar-refractivity contribution in [3.05, 3.63) is 71.5 Å². The van der Waals surface area contributed by atoms with Crippen LogP contribution in [0.2, 0.25) is 0 Å². The third kappa shape index (κ3) is 4.41. The molecule has 0 fully saturated rings. The van der Waals surface area contributed by atoms with E-state index in [0.717, 1.165) is 5.56 Å². The normalized spacial score (nSPS) is 14.8. The molecule has 1 aliphatic heterocycles. The number of amides is 1. The van der Waals surface area contributed by atoms with Crippen LogP contribution in [0.15, 0.2) is 53.2 Å². The number of nitrogens with one attached hydrogen (secondary N) is 3. The first kappa shape index (κ1) is 22.4. The zero-order valence-electron chi connectivity index (χ0n) is 19.4. The van der Waals surface area contributed by atoms with Crippen LogP contribution in [-0.2, 0) is 5.54 Å². The molecule has 0 spiro atoms. The van der Waals surface area contributed by atoms with E-state index in [1.165, 1.54) is 6.20 Å². The van der Waals surface area contributed by atoms with Crippen LogP contribution < -0.4 is 16.0 Å². The number of carbonyl (C=O) groups excluding carboxylic acids is 1. The van der Waals surface area contributed by atoms with Crippen molar-refractivity contribution < 1.29 is 14.3 Å². The van der Waals surface area contributed by atoms with Crippen molar-refractivity contribution in [3.8, 4) is 11.5 Å². The molecular weight excluding hydrogens is 448 g/mol. The van der Waals surface area contributed by atoms with Crippen molar-refractivity contribution in [3.63, 3.8) is 0 Å². The lowest BCUT2D eigenvalue weighted by molar-refractivity contribution is 0.0940. The Labute approximate surface area is 201 Å². The summed E-state index contributed by atoms with van der Waals surface area (Å²) < 4.78 is 5.62. The van der Waals surface area contributed by atoms with Gasteiger partial charge in [0, 0.05) is 25.4 Å². The second-order valence-corrected chi connectivity index (χ2v) is 8.69. The first-order valence-electron chi connectivity index (χ1n) is 11.0. The predicted octanol–water partition coefficient (Wildman–Crippen LogP) is 3.10. The summed E-state index contributed by atoms with van der Waals surface area (Å²) in [5.41, 5.74) is 2.57. The Morgan fingerprint density at radius 1 is 1.11 bits per heavy atom. The van der Waals surface area contributed by atoms with Crippen LogP contribution >= 0.6 is 0 Å². The summed E-state index contributed by atoms with van der Waals surface area (Å²) in [5.74, 6) is 1.28. The summed E-state index contributed by atoms with van der Waals surface area (Å²) in [6.45, 7) is 5.34. The molecule has 0 saturated carbocycles. The third-order valence-electron chi connectivity index (χ3n) is 5.67. The summed E-state index contributed by atoms with van der Waals surface area (Å²) in [5, 5.41) is 27.4. The van der Waals surface area contributed by atoms with Gasteiger partial charge >= 0.3 is 0 Å². The molecular formula is C24H24N8O3. The Balaban J connectivity index is 1.50. The molecule has 0 saturated heterocycles. The molecule has 0 aliphatic carbocycles. The van der Waals surface area contributed by atoms with E-state index in [4.69, 9.17) is 4.42 Å². The molecule has 0 bridgehead atoms. The molecule has 11 heteroatoms. The Bertz CT molecular complexity index is 1390. The van der Waals surface area contributed by atoms with Gasteiger partial charge in [-0.15, -0.1) is 10.2 Å².